The van der Waals surface area contributed by atoms with Crippen LogP contribution in [-0.4, -0.2) is 219 Å². The molecule has 1 aromatic rings. The number of nitrogens with one attached hydrogen (secondary N) is 5. The molecule has 0 radical (unpaired) electrons. The van der Waals surface area contributed by atoms with Gasteiger partial charge in [0.1, 0.15) is 64.3 Å². The van der Waals surface area contributed by atoms with E-state index in [-0.39, 0.29) is 57.6 Å². The van der Waals surface area contributed by atoms with Crippen molar-refractivity contribution >= 4 is 42.1 Å². The summed E-state index contributed by atoms with van der Waals surface area (Å²) in [4.78, 5) is 94.7. The molecule has 1 aliphatic carbocycles. The van der Waals surface area contributed by atoms with Crippen LogP contribution in [0.4, 0.5) is 19.2 Å². The third-order valence-electron chi connectivity index (χ3n) is 13.2. The first-order valence-electron chi connectivity index (χ1n) is 27.9. The Morgan fingerprint density at radius 2 is 1.25 bits per heavy atom. The number of imide groups is 1. The average molecular weight is 1180 g/mol. The van der Waals surface area contributed by atoms with Crippen LogP contribution in [0.3, 0.4) is 0 Å². The molecule has 83 heavy (non-hydrogen) atoms. The SMILES string of the molecule is CN(C(=O)OC(C)(C)C)[C@@H]1[C@@H](O)[C@@H](O[C@@H]2[C@@H](O)[C@H](O[C@H]3OC(CNCC(O)CCCN4C(=O)c5ccccc5C4=O)=CC[C@H]3NC(=O)OC(C)(C)C)[C@@H](NC(=O)OC(C)(C)C)C[C@H]2NC(=O)[C@@H](O)CCNC(=O)OC(C)(C)C)OC[C@]1(C)O. The molecule has 3 aliphatic heterocycles. The molecule has 0 spiro atoms. The number of hydrogen-bond acceptors (Lipinski definition) is 21. The van der Waals surface area contributed by atoms with Gasteiger partial charge in [-0.1, -0.05) is 12.1 Å². The Hall–Kier alpha value is -5.91. The summed E-state index contributed by atoms with van der Waals surface area (Å²) >= 11 is 0. The van der Waals surface area contributed by atoms with Crippen LogP contribution < -0.4 is 26.6 Å². The van der Waals surface area contributed by atoms with Gasteiger partial charge < -0.3 is 94.9 Å². The van der Waals surface area contributed by atoms with Gasteiger partial charge in [0.05, 0.1) is 54.5 Å². The lowest BCUT2D eigenvalue weighted by atomic mass is 9.82. The highest BCUT2D eigenvalue weighted by molar-refractivity contribution is 6.21. The Morgan fingerprint density at radius 1 is 0.735 bits per heavy atom. The van der Waals surface area contributed by atoms with E-state index >= 15 is 0 Å². The second-order valence-electron chi connectivity index (χ2n) is 25.5. The lowest BCUT2D eigenvalue weighted by Crippen LogP contribution is -2.71. The number of hydrogen-bond donors (Lipinski definition) is 10. The zero-order valence-corrected chi connectivity index (χ0v) is 50.1. The highest BCUT2D eigenvalue weighted by atomic mass is 16.7. The second-order valence-corrected chi connectivity index (χ2v) is 25.5. The van der Waals surface area contributed by atoms with Crippen molar-refractivity contribution in [2.24, 2.45) is 0 Å². The lowest BCUT2D eigenvalue weighted by Gasteiger charge is -2.50. The van der Waals surface area contributed by atoms with Crippen molar-refractivity contribution in [1.82, 2.24) is 36.4 Å². The van der Waals surface area contributed by atoms with Crippen LogP contribution in [0.15, 0.2) is 36.1 Å². The van der Waals surface area contributed by atoms with Crippen LogP contribution in [-0.2, 0) is 42.7 Å². The van der Waals surface area contributed by atoms with Crippen LogP contribution in [0.25, 0.3) is 0 Å². The van der Waals surface area contributed by atoms with Gasteiger partial charge in [0.2, 0.25) is 12.2 Å². The Morgan fingerprint density at radius 3 is 1.81 bits per heavy atom. The van der Waals surface area contributed by atoms with Crippen molar-refractivity contribution in [3.63, 3.8) is 0 Å². The van der Waals surface area contributed by atoms with E-state index in [9.17, 15) is 59.1 Å². The van der Waals surface area contributed by atoms with Gasteiger partial charge in [-0.15, -0.1) is 0 Å². The number of aliphatic hydroxyl groups is 5. The maximum absolute atomic E-state index is 13.9. The summed E-state index contributed by atoms with van der Waals surface area (Å²) in [6.45, 7) is 20.4. The molecule has 0 bridgehead atoms. The Bertz CT molecular complexity index is 2430. The maximum Gasteiger partial charge on any atom is 0.410 e. The molecular weight excluding hydrogens is 1090 g/mol. The molecule has 3 heterocycles. The van der Waals surface area contributed by atoms with E-state index in [1.54, 1.807) is 113 Å². The van der Waals surface area contributed by atoms with Crippen LogP contribution >= 0.6 is 0 Å². The van der Waals surface area contributed by atoms with Gasteiger partial charge in [0.25, 0.3) is 11.8 Å². The third-order valence-corrected chi connectivity index (χ3v) is 13.2. The van der Waals surface area contributed by atoms with Crippen molar-refractivity contribution in [2.45, 2.75) is 223 Å². The number of fused-ring (bicyclic) bond motifs is 1. The van der Waals surface area contributed by atoms with Gasteiger partial charge in [0, 0.05) is 26.7 Å². The van der Waals surface area contributed by atoms with Gasteiger partial charge in [-0.3, -0.25) is 19.3 Å². The zero-order valence-electron chi connectivity index (χ0n) is 50.1. The molecule has 10 N–H and O–H groups in total. The first kappa shape index (κ1) is 67.9. The van der Waals surface area contributed by atoms with Crippen molar-refractivity contribution < 1.29 is 97.0 Å². The average Bonchev–Trinajstić information content (AvgIpc) is 3.55. The van der Waals surface area contributed by atoms with Crippen LogP contribution in [0.5, 0.6) is 0 Å². The number of nitrogens with zero attached hydrogens (tertiary/aromatic N) is 2. The first-order chi connectivity index (χ1) is 38.3. The Labute approximate surface area is 484 Å². The molecule has 1 saturated carbocycles. The lowest BCUT2D eigenvalue weighted by molar-refractivity contribution is -0.311. The number of rotatable bonds is 20. The highest BCUT2D eigenvalue weighted by Gasteiger charge is 2.55. The number of carbonyl (C=O) groups is 7. The molecule has 1 saturated heterocycles. The van der Waals surface area contributed by atoms with Gasteiger partial charge in [0.15, 0.2) is 6.29 Å². The molecule has 27 nitrogen and oxygen atoms in total. The van der Waals surface area contributed by atoms with Crippen LogP contribution in [0, 0.1) is 0 Å². The molecule has 1 unspecified atom stereocenters. The number of ether oxygens (including phenoxy) is 8. The fourth-order valence-electron chi connectivity index (χ4n) is 9.67. The van der Waals surface area contributed by atoms with E-state index in [4.69, 9.17) is 37.9 Å². The number of benzene rings is 1. The Kier molecular flexibility index (Phi) is 22.8. The number of likely N-dealkylation sites (N-methyl/N-ethyl adjacent to an activating group) is 1. The van der Waals surface area contributed by atoms with E-state index in [1.165, 1.54) is 14.0 Å². The predicted octanol–water partition coefficient (Wildman–Crippen LogP) is 2.43. The standard InChI is InChI=1S/C56H89N7O20/c1-52(2,3)80-48(71)58-24-23-37(65)43(68)59-35-26-36(61-50(73)82-54(7,8)9)41(38(66)40(35)79-47-39(67)42(56(13,75)29-76-47)62(14)51(74)83-55(10,11)12)78-46-34(60-49(72)81-53(4,5)6)22-21-31(77-46)28-57-27-30(64)18-17-25-63-44(69)32-19-15-16-20-33(32)45(63)70/h15-16,19-21,30,34-42,46-47,57,64-67,75H,17-18,22-29H2,1-14H3,(H,58,71)(H,59,68)(H,60,72)(H,61,73)/t30?,34-,35-,36+,37+,38-,39-,40+,41-,42-,46-,47-,56+/m1/s1. The molecule has 7 amide bonds. The summed E-state index contributed by atoms with van der Waals surface area (Å²) < 4.78 is 47.3. The predicted molar refractivity (Wildman–Crippen MR) is 295 cm³/mol. The molecule has 2 fully saturated rings. The highest BCUT2D eigenvalue weighted by Crippen LogP contribution is 2.35. The minimum absolute atomic E-state index is 0.00363. The summed E-state index contributed by atoms with van der Waals surface area (Å²) in [6.07, 6.45) is -15.1. The zero-order chi connectivity index (χ0) is 62.2. The van der Waals surface area contributed by atoms with Gasteiger partial charge >= 0.3 is 24.4 Å². The summed E-state index contributed by atoms with van der Waals surface area (Å²) in [5, 5.41) is 72.1. The van der Waals surface area contributed by atoms with E-state index in [1.807, 2.05) is 0 Å². The molecule has 5 rings (SSSR count). The maximum atomic E-state index is 13.9. The molecule has 468 valence electrons. The minimum Gasteiger partial charge on any atom is -0.466 e. The summed E-state index contributed by atoms with van der Waals surface area (Å²) in [5.74, 6) is -1.56. The smallest absolute Gasteiger partial charge is 0.410 e. The van der Waals surface area contributed by atoms with E-state index < -0.39 is 150 Å². The molecule has 0 aromatic heterocycles. The number of aliphatic hydroxyl groups excluding tert-OH is 4. The monoisotopic (exact) mass is 1180 g/mol. The summed E-state index contributed by atoms with van der Waals surface area (Å²) in [6, 6.07) is 1.31. The fraction of sp³-hybridized carbons (Fsp3) is 0.732. The molecule has 13 atom stereocenters. The topological polar surface area (TPSA) is 361 Å². The largest absolute Gasteiger partial charge is 0.466 e. The number of amides is 7. The molecule has 4 aliphatic rings. The van der Waals surface area contributed by atoms with Gasteiger partial charge in [-0.2, -0.15) is 0 Å². The van der Waals surface area contributed by atoms with Crippen LogP contribution in [0.1, 0.15) is 143 Å². The molecular formula is C56H89N7O20. The van der Waals surface area contributed by atoms with Crippen LogP contribution in [0.2, 0.25) is 0 Å². The normalized spacial score (nSPS) is 27.4. The van der Waals surface area contributed by atoms with E-state index in [0.29, 0.717) is 17.5 Å². The quantitative estimate of drug-likeness (QED) is 0.0662. The fourth-order valence-corrected chi connectivity index (χ4v) is 9.67. The second kappa shape index (κ2) is 27.9. The third kappa shape index (κ3) is 20.1. The molecule has 1 aromatic carbocycles. The van der Waals surface area contributed by atoms with Gasteiger partial charge in [-0.05, 0) is 140 Å². The van der Waals surface area contributed by atoms with Gasteiger partial charge in [-0.25, -0.2) is 19.2 Å². The first-order valence-corrected chi connectivity index (χ1v) is 27.9. The molecule has 27 heteroatoms. The summed E-state index contributed by atoms with van der Waals surface area (Å²) in [7, 11) is 1.30. The number of alkyl carbamates (subject to hydrolysis) is 3. The Balaban J connectivity index is 1.43. The minimum atomic E-state index is -1.96. The van der Waals surface area contributed by atoms with Crippen molar-refractivity contribution in [2.75, 3.05) is 39.8 Å². The van der Waals surface area contributed by atoms with Crippen molar-refractivity contribution in [3.8, 4) is 0 Å². The van der Waals surface area contributed by atoms with Crippen molar-refractivity contribution in [1.29, 1.82) is 0 Å². The van der Waals surface area contributed by atoms with Crippen molar-refractivity contribution in [3.05, 3.63) is 47.2 Å². The summed E-state index contributed by atoms with van der Waals surface area (Å²) in [5.41, 5.74) is -5.07. The number of carbonyl (C=O) groups excluding carboxylic acids is 7. The van der Waals surface area contributed by atoms with E-state index in [0.717, 1.165) is 9.80 Å². The van der Waals surface area contributed by atoms with E-state index in [2.05, 4.69) is 26.6 Å².